The number of aryl methyl sites for hydroxylation is 1. The first kappa shape index (κ1) is 20.3. The first-order valence-electron chi connectivity index (χ1n) is 10.1. The second-order valence-corrected chi connectivity index (χ2v) is 8.10. The van der Waals surface area contributed by atoms with Crippen molar-refractivity contribution in [3.8, 4) is 0 Å². The molecule has 152 valence electrons. The molecule has 1 aromatic carbocycles. The highest BCUT2D eigenvalue weighted by Crippen LogP contribution is 2.20. The van der Waals surface area contributed by atoms with Gasteiger partial charge in [0.25, 0.3) is 11.1 Å². The van der Waals surface area contributed by atoms with Gasteiger partial charge >= 0.3 is 0 Å². The van der Waals surface area contributed by atoms with E-state index in [1.165, 1.54) is 11.1 Å². The van der Waals surface area contributed by atoms with E-state index in [1.807, 2.05) is 0 Å². The fourth-order valence-corrected chi connectivity index (χ4v) is 4.21. The van der Waals surface area contributed by atoms with E-state index in [4.69, 9.17) is 0 Å². The summed E-state index contributed by atoms with van der Waals surface area (Å²) < 4.78 is 1.22. The number of benzene rings is 1. The second kappa shape index (κ2) is 9.19. The minimum absolute atomic E-state index is 0.110. The van der Waals surface area contributed by atoms with Crippen molar-refractivity contribution in [3.63, 3.8) is 0 Å². The van der Waals surface area contributed by atoms with E-state index in [2.05, 4.69) is 29.2 Å². The second-order valence-electron chi connectivity index (χ2n) is 8.10. The summed E-state index contributed by atoms with van der Waals surface area (Å²) in [7, 11) is 0. The highest BCUT2D eigenvalue weighted by molar-refractivity contribution is 5.80. The fraction of sp³-hybridized carbons (Fsp3) is 0.571. The van der Waals surface area contributed by atoms with Crippen LogP contribution in [0.25, 0.3) is 10.8 Å². The Balaban J connectivity index is 1.45. The third kappa shape index (κ3) is 5.10. The monoisotopic (exact) mass is 386 g/mol. The van der Waals surface area contributed by atoms with Gasteiger partial charge in [0.2, 0.25) is 5.91 Å². The quantitative estimate of drug-likeness (QED) is 0.707. The van der Waals surface area contributed by atoms with Gasteiger partial charge in [-0.3, -0.25) is 19.5 Å². The molecule has 1 aliphatic rings. The molecule has 2 atom stereocenters. The Bertz CT molecular complexity index is 923. The van der Waals surface area contributed by atoms with Crippen LogP contribution in [0.3, 0.4) is 0 Å². The summed E-state index contributed by atoms with van der Waals surface area (Å²) in [4.78, 5) is 39.1. The number of H-pyrrole nitrogens is 1. The molecule has 2 aromatic rings. The van der Waals surface area contributed by atoms with E-state index in [0.29, 0.717) is 17.3 Å². The minimum Gasteiger partial charge on any atom is -0.356 e. The van der Waals surface area contributed by atoms with Crippen molar-refractivity contribution in [2.24, 2.45) is 11.8 Å². The van der Waals surface area contributed by atoms with Crippen molar-refractivity contribution in [2.45, 2.75) is 39.7 Å². The van der Waals surface area contributed by atoms with Crippen molar-refractivity contribution >= 4 is 16.7 Å². The molecular formula is C21H30N4O3. The molecule has 3 rings (SSSR count). The predicted octanol–water partition coefficient (Wildman–Crippen LogP) is 1.56. The molecule has 1 aromatic heterocycles. The van der Waals surface area contributed by atoms with Crippen molar-refractivity contribution in [1.29, 1.82) is 0 Å². The Morgan fingerprint density at radius 1 is 1.11 bits per heavy atom. The number of aromatic amines is 1. The zero-order chi connectivity index (χ0) is 20.1. The topological polar surface area (TPSA) is 87.2 Å². The van der Waals surface area contributed by atoms with E-state index < -0.39 is 0 Å². The Morgan fingerprint density at radius 3 is 2.50 bits per heavy atom. The van der Waals surface area contributed by atoms with Crippen molar-refractivity contribution in [2.75, 3.05) is 26.2 Å². The molecule has 0 aliphatic carbocycles. The standard InChI is InChI=1S/C21H30N4O3/c1-15-12-16(2)14-24(13-15)10-5-9-22-19(26)8-11-25-21(28)18-7-4-3-6-17(18)20(27)23-25/h3-4,6-7,15-16H,5,8-14H2,1-2H3,(H,22,26)(H,23,27). The van der Waals surface area contributed by atoms with Gasteiger partial charge in [-0.1, -0.05) is 26.0 Å². The highest BCUT2D eigenvalue weighted by atomic mass is 16.2. The van der Waals surface area contributed by atoms with E-state index in [1.54, 1.807) is 24.3 Å². The van der Waals surface area contributed by atoms with Crippen LogP contribution >= 0.6 is 0 Å². The predicted molar refractivity (Wildman–Crippen MR) is 110 cm³/mol. The minimum atomic E-state index is -0.319. The number of fused-ring (bicyclic) bond motifs is 1. The number of carbonyl (C=O) groups excluding carboxylic acids is 1. The summed E-state index contributed by atoms with van der Waals surface area (Å²) in [5.74, 6) is 1.36. The third-order valence-corrected chi connectivity index (χ3v) is 5.36. The summed E-state index contributed by atoms with van der Waals surface area (Å²) in [6.45, 7) is 8.64. The number of amides is 1. The van der Waals surface area contributed by atoms with Gasteiger partial charge in [0.1, 0.15) is 0 Å². The maximum absolute atomic E-state index is 12.4. The van der Waals surface area contributed by atoms with Gasteiger partial charge in [-0.25, -0.2) is 4.68 Å². The average Bonchev–Trinajstić information content (AvgIpc) is 2.66. The first-order chi connectivity index (χ1) is 13.4. The molecular weight excluding hydrogens is 356 g/mol. The Kier molecular flexibility index (Phi) is 6.67. The molecule has 1 aliphatic heterocycles. The van der Waals surface area contributed by atoms with Gasteiger partial charge in [-0.05, 0) is 43.4 Å². The summed E-state index contributed by atoms with van der Waals surface area (Å²) in [6.07, 6.45) is 2.37. The molecule has 0 spiro atoms. The highest BCUT2D eigenvalue weighted by Gasteiger charge is 2.21. The number of aromatic nitrogens is 2. The van der Waals surface area contributed by atoms with E-state index >= 15 is 0 Å². The van der Waals surface area contributed by atoms with Crippen molar-refractivity contribution < 1.29 is 4.79 Å². The van der Waals surface area contributed by atoms with Gasteiger partial charge in [-0.15, -0.1) is 0 Å². The van der Waals surface area contributed by atoms with Gasteiger partial charge in [0, 0.05) is 26.1 Å². The Hall–Kier alpha value is -2.41. The zero-order valence-electron chi connectivity index (χ0n) is 16.7. The maximum atomic E-state index is 12.4. The summed E-state index contributed by atoms with van der Waals surface area (Å²) >= 11 is 0. The van der Waals surface area contributed by atoms with Crippen LogP contribution in [-0.2, 0) is 11.3 Å². The van der Waals surface area contributed by atoms with Crippen LogP contribution in [0.1, 0.15) is 33.1 Å². The van der Waals surface area contributed by atoms with Crippen LogP contribution in [0.4, 0.5) is 0 Å². The molecule has 2 unspecified atom stereocenters. The summed E-state index contributed by atoms with van der Waals surface area (Å²) in [5.41, 5.74) is -0.600. The number of nitrogens with one attached hydrogen (secondary N) is 2. The number of nitrogens with zero attached hydrogens (tertiary/aromatic N) is 2. The van der Waals surface area contributed by atoms with Gasteiger partial charge in [-0.2, -0.15) is 0 Å². The lowest BCUT2D eigenvalue weighted by molar-refractivity contribution is -0.121. The van der Waals surface area contributed by atoms with E-state index in [9.17, 15) is 14.4 Å². The molecule has 1 amide bonds. The number of rotatable bonds is 7. The van der Waals surface area contributed by atoms with Crippen LogP contribution < -0.4 is 16.4 Å². The SMILES string of the molecule is CC1CC(C)CN(CCCNC(=O)CCn2[nH]c(=O)c3ccccc3c2=O)C1. The molecule has 2 heterocycles. The molecule has 2 N–H and O–H groups in total. The van der Waals surface area contributed by atoms with Crippen LogP contribution in [-0.4, -0.2) is 46.8 Å². The Labute approximate surface area is 164 Å². The molecule has 0 bridgehead atoms. The van der Waals surface area contributed by atoms with Gasteiger partial charge in [0.05, 0.1) is 17.3 Å². The number of likely N-dealkylation sites (tertiary alicyclic amines) is 1. The number of piperidine rings is 1. The molecule has 0 saturated carbocycles. The number of hydrogen-bond donors (Lipinski definition) is 2. The summed E-state index contributed by atoms with van der Waals surface area (Å²) in [5, 5.41) is 6.21. The lowest BCUT2D eigenvalue weighted by Gasteiger charge is -2.34. The lowest BCUT2D eigenvalue weighted by atomic mass is 9.92. The third-order valence-electron chi connectivity index (χ3n) is 5.36. The maximum Gasteiger partial charge on any atom is 0.273 e. The van der Waals surface area contributed by atoms with Gasteiger partial charge in [0.15, 0.2) is 0 Å². The van der Waals surface area contributed by atoms with Gasteiger partial charge < -0.3 is 10.2 Å². The molecule has 7 nitrogen and oxygen atoms in total. The van der Waals surface area contributed by atoms with Crippen LogP contribution in [0.2, 0.25) is 0 Å². The lowest BCUT2D eigenvalue weighted by Crippen LogP contribution is -2.40. The molecule has 7 heteroatoms. The largest absolute Gasteiger partial charge is 0.356 e. The van der Waals surface area contributed by atoms with E-state index in [0.717, 1.165) is 37.9 Å². The van der Waals surface area contributed by atoms with E-state index in [-0.39, 0.29) is 30.0 Å². The summed E-state index contributed by atoms with van der Waals surface area (Å²) in [6, 6.07) is 6.70. The van der Waals surface area contributed by atoms with Crippen molar-refractivity contribution in [1.82, 2.24) is 20.0 Å². The average molecular weight is 386 g/mol. The normalized spacial score (nSPS) is 20.4. The smallest absolute Gasteiger partial charge is 0.273 e. The molecule has 28 heavy (non-hydrogen) atoms. The fourth-order valence-electron chi connectivity index (χ4n) is 4.21. The van der Waals surface area contributed by atoms with Crippen LogP contribution in [0, 0.1) is 11.8 Å². The first-order valence-corrected chi connectivity index (χ1v) is 10.1. The van der Waals surface area contributed by atoms with Crippen LogP contribution in [0.5, 0.6) is 0 Å². The zero-order valence-corrected chi connectivity index (χ0v) is 16.7. The molecule has 1 fully saturated rings. The van der Waals surface area contributed by atoms with Crippen molar-refractivity contribution in [3.05, 3.63) is 45.0 Å². The molecule has 1 saturated heterocycles. The Morgan fingerprint density at radius 2 is 1.79 bits per heavy atom. The molecule has 0 radical (unpaired) electrons. The number of hydrogen-bond acceptors (Lipinski definition) is 4. The van der Waals surface area contributed by atoms with Crippen LogP contribution in [0.15, 0.2) is 33.9 Å². The number of carbonyl (C=O) groups is 1.